The number of benzene rings is 2. The quantitative estimate of drug-likeness (QED) is 0.866. The molecule has 0 fully saturated rings. The fraction of sp³-hybridized carbons (Fsp3) is 0. The van der Waals surface area contributed by atoms with Gasteiger partial charge in [0.25, 0.3) is 0 Å². The molecule has 3 nitrogen and oxygen atoms in total. The van der Waals surface area contributed by atoms with Crippen LogP contribution in [0, 0.1) is 0 Å². The molecule has 0 aliphatic rings. The van der Waals surface area contributed by atoms with Gasteiger partial charge in [-0.1, -0.05) is 48.0 Å². The molecular weight excluding hydrogens is 260 g/mol. The second kappa shape index (κ2) is 6.61. The molecule has 19 heavy (non-hydrogen) atoms. The third kappa shape index (κ3) is 4.48. The third-order valence-electron chi connectivity index (χ3n) is 2.37. The lowest BCUT2D eigenvalue weighted by molar-refractivity contribution is 0.255. The van der Waals surface area contributed by atoms with Gasteiger partial charge in [0.1, 0.15) is 0 Å². The van der Waals surface area contributed by atoms with E-state index in [0.29, 0.717) is 10.7 Å². The molecule has 0 atom stereocenters. The van der Waals surface area contributed by atoms with Crippen LogP contribution in [0.4, 0.5) is 10.5 Å². The average Bonchev–Trinajstić information content (AvgIpc) is 2.40. The fourth-order valence-electron chi connectivity index (χ4n) is 1.51. The molecule has 0 aliphatic heterocycles. The summed E-state index contributed by atoms with van der Waals surface area (Å²) in [6.45, 7) is 0. The molecule has 0 radical (unpaired) electrons. The number of nitrogens with one attached hydrogen (secondary N) is 2. The minimum absolute atomic E-state index is 0.311. The Balaban J connectivity index is 1.87. The number of carbonyl (C=O) groups is 1. The SMILES string of the molecule is O=C(N/C=C/c1ccccc1)Nc1cccc(Cl)c1. The zero-order valence-electron chi connectivity index (χ0n) is 10.1. The molecular formula is C15H13ClN2O. The van der Waals surface area contributed by atoms with Gasteiger partial charge in [-0.15, -0.1) is 0 Å². The van der Waals surface area contributed by atoms with Crippen LogP contribution in [0.2, 0.25) is 5.02 Å². The number of urea groups is 1. The van der Waals surface area contributed by atoms with Crippen LogP contribution in [0.25, 0.3) is 6.08 Å². The lowest BCUT2D eigenvalue weighted by Gasteiger charge is -2.04. The maximum absolute atomic E-state index is 11.6. The Morgan fingerprint density at radius 3 is 2.58 bits per heavy atom. The van der Waals surface area contributed by atoms with Crippen molar-refractivity contribution in [2.75, 3.05) is 5.32 Å². The number of anilines is 1. The molecule has 2 rings (SSSR count). The van der Waals surface area contributed by atoms with E-state index in [2.05, 4.69) is 10.6 Å². The molecule has 0 heterocycles. The van der Waals surface area contributed by atoms with Crippen molar-refractivity contribution < 1.29 is 4.79 Å². The van der Waals surface area contributed by atoms with E-state index < -0.39 is 0 Å². The minimum Gasteiger partial charge on any atom is -0.314 e. The van der Waals surface area contributed by atoms with E-state index >= 15 is 0 Å². The van der Waals surface area contributed by atoms with Gasteiger partial charge in [0, 0.05) is 16.9 Å². The molecule has 0 bridgehead atoms. The summed E-state index contributed by atoms with van der Waals surface area (Å²) >= 11 is 5.83. The summed E-state index contributed by atoms with van der Waals surface area (Å²) < 4.78 is 0. The smallest absolute Gasteiger partial charge is 0.314 e. The minimum atomic E-state index is -0.311. The molecule has 2 amide bonds. The van der Waals surface area contributed by atoms with Crippen molar-refractivity contribution >= 4 is 29.4 Å². The molecule has 0 spiro atoms. The Hall–Kier alpha value is -2.26. The second-order valence-electron chi connectivity index (χ2n) is 3.85. The number of halogens is 1. The highest BCUT2D eigenvalue weighted by Gasteiger charge is 1.99. The maximum atomic E-state index is 11.6. The highest BCUT2D eigenvalue weighted by atomic mass is 35.5. The molecule has 2 N–H and O–H groups in total. The first-order valence-corrected chi connectivity index (χ1v) is 6.16. The number of hydrogen-bond acceptors (Lipinski definition) is 1. The molecule has 0 saturated carbocycles. The van der Waals surface area contributed by atoms with E-state index in [1.807, 2.05) is 36.4 Å². The Morgan fingerprint density at radius 1 is 1.05 bits per heavy atom. The van der Waals surface area contributed by atoms with Crippen LogP contribution in [-0.4, -0.2) is 6.03 Å². The van der Waals surface area contributed by atoms with Crippen molar-refractivity contribution in [3.63, 3.8) is 0 Å². The van der Waals surface area contributed by atoms with Crippen molar-refractivity contribution in [3.8, 4) is 0 Å². The van der Waals surface area contributed by atoms with Gasteiger partial charge in [0.05, 0.1) is 0 Å². The van der Waals surface area contributed by atoms with E-state index in [4.69, 9.17) is 11.6 Å². The van der Waals surface area contributed by atoms with Crippen LogP contribution < -0.4 is 10.6 Å². The van der Waals surface area contributed by atoms with Gasteiger partial charge in [-0.25, -0.2) is 4.79 Å². The van der Waals surface area contributed by atoms with Crippen LogP contribution in [-0.2, 0) is 0 Å². The first-order chi connectivity index (χ1) is 9.24. The van der Waals surface area contributed by atoms with E-state index in [1.54, 1.807) is 30.5 Å². The second-order valence-corrected chi connectivity index (χ2v) is 4.29. The van der Waals surface area contributed by atoms with Crippen molar-refractivity contribution in [1.29, 1.82) is 0 Å². The molecule has 4 heteroatoms. The fourth-order valence-corrected chi connectivity index (χ4v) is 1.70. The summed E-state index contributed by atoms with van der Waals surface area (Å²) in [5.41, 5.74) is 1.67. The molecule has 2 aromatic rings. The Labute approximate surface area is 116 Å². The first kappa shape index (κ1) is 13.2. The predicted molar refractivity (Wildman–Crippen MR) is 79.1 cm³/mol. The summed E-state index contributed by atoms with van der Waals surface area (Å²) in [5, 5.41) is 5.89. The van der Waals surface area contributed by atoms with Gasteiger partial charge in [-0.3, -0.25) is 0 Å². The lowest BCUT2D eigenvalue weighted by Crippen LogP contribution is -2.23. The Bertz CT molecular complexity index is 582. The van der Waals surface area contributed by atoms with E-state index in [1.165, 1.54) is 0 Å². The van der Waals surface area contributed by atoms with E-state index in [-0.39, 0.29) is 6.03 Å². The third-order valence-corrected chi connectivity index (χ3v) is 2.61. The summed E-state index contributed by atoms with van der Waals surface area (Å²) in [5.74, 6) is 0. The van der Waals surface area contributed by atoms with Crippen LogP contribution in [0.3, 0.4) is 0 Å². The normalized spacial score (nSPS) is 10.4. The monoisotopic (exact) mass is 272 g/mol. The summed E-state index contributed by atoms with van der Waals surface area (Å²) in [4.78, 5) is 11.6. The van der Waals surface area contributed by atoms with Crippen LogP contribution in [0.15, 0.2) is 60.8 Å². The zero-order chi connectivity index (χ0) is 13.5. The molecule has 0 aromatic heterocycles. The maximum Gasteiger partial charge on any atom is 0.323 e. The molecule has 2 aromatic carbocycles. The van der Waals surface area contributed by atoms with Crippen LogP contribution in [0.5, 0.6) is 0 Å². The lowest BCUT2D eigenvalue weighted by atomic mass is 10.2. The summed E-state index contributed by atoms with van der Waals surface area (Å²) in [6, 6.07) is 16.4. The van der Waals surface area contributed by atoms with Crippen LogP contribution in [0.1, 0.15) is 5.56 Å². The zero-order valence-corrected chi connectivity index (χ0v) is 10.9. The molecule has 0 saturated heterocycles. The highest BCUT2D eigenvalue weighted by molar-refractivity contribution is 6.30. The highest BCUT2D eigenvalue weighted by Crippen LogP contribution is 2.14. The van der Waals surface area contributed by atoms with Gasteiger partial charge in [0.2, 0.25) is 0 Å². The van der Waals surface area contributed by atoms with Gasteiger partial charge in [-0.05, 0) is 29.8 Å². The first-order valence-electron chi connectivity index (χ1n) is 5.79. The molecule has 96 valence electrons. The number of carbonyl (C=O) groups excluding carboxylic acids is 1. The Kier molecular flexibility index (Phi) is 4.59. The number of amides is 2. The molecule has 0 aliphatic carbocycles. The summed E-state index contributed by atoms with van der Waals surface area (Å²) in [6.07, 6.45) is 3.41. The van der Waals surface area contributed by atoms with Gasteiger partial charge >= 0.3 is 6.03 Å². The van der Waals surface area contributed by atoms with Crippen molar-refractivity contribution in [3.05, 3.63) is 71.4 Å². The van der Waals surface area contributed by atoms with E-state index in [0.717, 1.165) is 5.56 Å². The van der Waals surface area contributed by atoms with Gasteiger partial charge < -0.3 is 10.6 Å². The van der Waals surface area contributed by atoms with E-state index in [9.17, 15) is 4.79 Å². The van der Waals surface area contributed by atoms with Crippen molar-refractivity contribution in [1.82, 2.24) is 5.32 Å². The molecule has 0 unspecified atom stereocenters. The predicted octanol–water partition coefficient (Wildman–Crippen LogP) is 4.13. The average molecular weight is 273 g/mol. The van der Waals surface area contributed by atoms with Crippen molar-refractivity contribution in [2.45, 2.75) is 0 Å². The van der Waals surface area contributed by atoms with Gasteiger partial charge in [-0.2, -0.15) is 0 Å². The standard InChI is InChI=1S/C15H13ClN2O/c16-13-7-4-8-14(11-13)18-15(19)17-10-9-12-5-2-1-3-6-12/h1-11H,(H2,17,18,19)/b10-9+. The number of hydrogen-bond donors (Lipinski definition) is 2. The summed E-state index contributed by atoms with van der Waals surface area (Å²) in [7, 11) is 0. The topological polar surface area (TPSA) is 41.1 Å². The Morgan fingerprint density at radius 2 is 1.84 bits per heavy atom. The van der Waals surface area contributed by atoms with Crippen molar-refractivity contribution in [2.24, 2.45) is 0 Å². The largest absolute Gasteiger partial charge is 0.323 e. The van der Waals surface area contributed by atoms with Gasteiger partial charge in [0.15, 0.2) is 0 Å². The number of rotatable bonds is 3. The van der Waals surface area contributed by atoms with Crippen LogP contribution >= 0.6 is 11.6 Å².